The van der Waals surface area contributed by atoms with Gasteiger partial charge in [0.25, 0.3) is 5.91 Å². The van der Waals surface area contributed by atoms with Crippen molar-refractivity contribution in [3.8, 4) is 0 Å². The smallest absolute Gasteiger partial charge is 0.261 e. The van der Waals surface area contributed by atoms with Crippen LogP contribution in [-0.2, 0) is 4.79 Å². The molecule has 0 saturated heterocycles. The van der Waals surface area contributed by atoms with Gasteiger partial charge in [0.1, 0.15) is 0 Å². The first kappa shape index (κ1) is 17.9. The third-order valence-corrected chi connectivity index (χ3v) is 3.18. The molecular weight excluding hydrogens is 286 g/mol. The van der Waals surface area contributed by atoms with Crippen molar-refractivity contribution in [2.75, 3.05) is 26.7 Å². The zero-order valence-electron chi connectivity index (χ0n) is 10.9. The maximum absolute atomic E-state index is 11.5. The van der Waals surface area contributed by atoms with Crippen molar-refractivity contribution in [1.82, 2.24) is 16.0 Å². The number of nitrogens with one attached hydrogen (secondary N) is 3. The number of rotatable bonds is 8. The number of carbonyl (C=O) groups is 2. The van der Waals surface area contributed by atoms with Crippen molar-refractivity contribution < 1.29 is 9.59 Å². The van der Waals surface area contributed by atoms with Crippen molar-refractivity contribution in [2.45, 2.75) is 12.8 Å². The molecule has 0 unspecified atom stereocenters. The topological polar surface area (TPSA) is 70.2 Å². The third-order valence-electron chi connectivity index (χ3n) is 2.31. The summed E-state index contributed by atoms with van der Waals surface area (Å²) in [4.78, 5) is 23.6. The molecule has 1 aromatic rings. The molecule has 2 amide bonds. The molecule has 1 aromatic heterocycles. The first-order chi connectivity index (χ1) is 8.74. The van der Waals surface area contributed by atoms with E-state index in [9.17, 15) is 9.59 Å². The number of amides is 2. The predicted octanol–water partition coefficient (Wildman–Crippen LogP) is 1.02. The monoisotopic (exact) mass is 305 g/mol. The highest BCUT2D eigenvalue weighted by Crippen LogP contribution is 2.07. The van der Waals surface area contributed by atoms with Gasteiger partial charge in [0.2, 0.25) is 5.91 Å². The first-order valence-corrected chi connectivity index (χ1v) is 6.85. The summed E-state index contributed by atoms with van der Waals surface area (Å²) in [5, 5.41) is 10.4. The Morgan fingerprint density at radius 3 is 2.63 bits per heavy atom. The van der Waals surface area contributed by atoms with Crippen LogP contribution in [0.5, 0.6) is 0 Å². The van der Waals surface area contributed by atoms with Crippen molar-refractivity contribution in [3.63, 3.8) is 0 Å². The van der Waals surface area contributed by atoms with E-state index in [1.807, 2.05) is 18.5 Å². The number of halogens is 1. The Labute approximate surface area is 123 Å². The number of carbonyl (C=O) groups excluding carboxylic acids is 2. The van der Waals surface area contributed by atoms with Gasteiger partial charge in [-0.3, -0.25) is 9.59 Å². The van der Waals surface area contributed by atoms with Gasteiger partial charge in [-0.1, -0.05) is 6.07 Å². The first-order valence-electron chi connectivity index (χ1n) is 5.97. The Balaban J connectivity index is 0.00000324. The van der Waals surface area contributed by atoms with E-state index in [-0.39, 0.29) is 24.2 Å². The Kier molecular flexibility index (Phi) is 10.1. The zero-order valence-corrected chi connectivity index (χ0v) is 12.5. The van der Waals surface area contributed by atoms with Crippen molar-refractivity contribution >= 4 is 35.6 Å². The lowest BCUT2D eigenvalue weighted by atomic mass is 10.3. The van der Waals surface area contributed by atoms with Crippen molar-refractivity contribution in [2.24, 2.45) is 0 Å². The van der Waals surface area contributed by atoms with Crippen LogP contribution in [0, 0.1) is 0 Å². The molecule has 0 atom stereocenters. The van der Waals surface area contributed by atoms with E-state index < -0.39 is 0 Å². The van der Waals surface area contributed by atoms with Gasteiger partial charge >= 0.3 is 0 Å². The van der Waals surface area contributed by atoms with E-state index in [0.29, 0.717) is 24.4 Å². The fraction of sp³-hybridized carbons (Fsp3) is 0.500. The highest BCUT2D eigenvalue weighted by molar-refractivity contribution is 7.12. The largest absolute Gasteiger partial charge is 0.356 e. The van der Waals surface area contributed by atoms with Crippen LogP contribution in [-0.4, -0.2) is 38.5 Å². The standard InChI is InChI=1S/C12H19N3O2S.ClH/c1-13-6-3-7-14-11(16)5-8-15-12(17)10-4-2-9-18-10;/h2,4,9,13H,3,5-8H2,1H3,(H,14,16)(H,15,17);1H. The summed E-state index contributed by atoms with van der Waals surface area (Å²) in [6.45, 7) is 1.92. The molecule has 0 aliphatic carbocycles. The quantitative estimate of drug-likeness (QED) is 0.628. The molecule has 1 rings (SSSR count). The summed E-state index contributed by atoms with van der Waals surface area (Å²) < 4.78 is 0. The van der Waals surface area contributed by atoms with E-state index in [1.165, 1.54) is 11.3 Å². The lowest BCUT2D eigenvalue weighted by Crippen LogP contribution is -2.31. The summed E-state index contributed by atoms with van der Waals surface area (Å²) in [7, 11) is 1.88. The van der Waals surface area contributed by atoms with Gasteiger partial charge in [0, 0.05) is 19.5 Å². The molecule has 5 nitrogen and oxygen atoms in total. The predicted molar refractivity (Wildman–Crippen MR) is 80.1 cm³/mol. The van der Waals surface area contributed by atoms with E-state index in [4.69, 9.17) is 0 Å². The van der Waals surface area contributed by atoms with Crippen LogP contribution in [0.2, 0.25) is 0 Å². The molecular formula is C12H20ClN3O2S. The normalized spacial score (nSPS) is 9.53. The minimum absolute atomic E-state index is 0. The summed E-state index contributed by atoms with van der Waals surface area (Å²) in [5.41, 5.74) is 0. The Bertz CT molecular complexity index is 371. The van der Waals surface area contributed by atoms with Crippen LogP contribution < -0.4 is 16.0 Å². The van der Waals surface area contributed by atoms with Crippen LogP contribution in [0.1, 0.15) is 22.5 Å². The molecule has 108 valence electrons. The van der Waals surface area contributed by atoms with Crippen LogP contribution in [0.4, 0.5) is 0 Å². The molecule has 0 spiro atoms. The van der Waals surface area contributed by atoms with E-state index in [0.717, 1.165) is 13.0 Å². The highest BCUT2D eigenvalue weighted by Gasteiger charge is 2.06. The summed E-state index contributed by atoms with van der Waals surface area (Å²) in [6, 6.07) is 3.59. The molecule has 0 saturated carbocycles. The molecule has 19 heavy (non-hydrogen) atoms. The molecule has 0 aliphatic rings. The van der Waals surface area contributed by atoms with Crippen LogP contribution in [0.3, 0.4) is 0 Å². The average Bonchev–Trinajstić information content (AvgIpc) is 2.88. The Morgan fingerprint density at radius 2 is 2.00 bits per heavy atom. The highest BCUT2D eigenvalue weighted by atomic mass is 35.5. The lowest BCUT2D eigenvalue weighted by molar-refractivity contribution is -0.120. The third kappa shape index (κ3) is 7.81. The number of hydrogen-bond acceptors (Lipinski definition) is 4. The Hall–Kier alpha value is -1.11. The molecule has 0 radical (unpaired) electrons. The minimum Gasteiger partial charge on any atom is -0.356 e. The molecule has 7 heteroatoms. The molecule has 0 fully saturated rings. The second kappa shape index (κ2) is 10.8. The zero-order chi connectivity index (χ0) is 13.2. The fourth-order valence-electron chi connectivity index (χ4n) is 1.37. The SMILES string of the molecule is CNCCCNC(=O)CCNC(=O)c1cccs1.Cl. The van der Waals surface area contributed by atoms with E-state index in [1.54, 1.807) is 6.07 Å². The van der Waals surface area contributed by atoms with Gasteiger partial charge in [0.05, 0.1) is 4.88 Å². The van der Waals surface area contributed by atoms with Gasteiger partial charge in [-0.15, -0.1) is 23.7 Å². The Morgan fingerprint density at radius 1 is 1.21 bits per heavy atom. The number of thiophene rings is 1. The molecule has 3 N–H and O–H groups in total. The summed E-state index contributed by atoms with van der Waals surface area (Å²) in [5.74, 6) is -0.148. The van der Waals surface area contributed by atoms with Crippen molar-refractivity contribution in [1.29, 1.82) is 0 Å². The van der Waals surface area contributed by atoms with Gasteiger partial charge in [-0.2, -0.15) is 0 Å². The van der Waals surface area contributed by atoms with Gasteiger partial charge < -0.3 is 16.0 Å². The second-order valence-corrected chi connectivity index (χ2v) is 4.74. The minimum atomic E-state index is -0.118. The average molecular weight is 306 g/mol. The lowest BCUT2D eigenvalue weighted by Gasteiger charge is -2.05. The maximum Gasteiger partial charge on any atom is 0.261 e. The summed E-state index contributed by atoms with van der Waals surface area (Å²) >= 11 is 1.39. The maximum atomic E-state index is 11.5. The molecule has 0 bridgehead atoms. The molecule has 0 aliphatic heterocycles. The van der Waals surface area contributed by atoms with Gasteiger partial charge in [0.15, 0.2) is 0 Å². The number of hydrogen-bond donors (Lipinski definition) is 3. The van der Waals surface area contributed by atoms with Gasteiger partial charge in [-0.25, -0.2) is 0 Å². The summed E-state index contributed by atoms with van der Waals surface area (Å²) in [6.07, 6.45) is 1.22. The van der Waals surface area contributed by atoms with Crippen LogP contribution >= 0.6 is 23.7 Å². The van der Waals surface area contributed by atoms with Crippen LogP contribution in [0.25, 0.3) is 0 Å². The van der Waals surface area contributed by atoms with E-state index in [2.05, 4.69) is 16.0 Å². The second-order valence-electron chi connectivity index (χ2n) is 3.79. The van der Waals surface area contributed by atoms with E-state index >= 15 is 0 Å². The molecule has 1 heterocycles. The van der Waals surface area contributed by atoms with Gasteiger partial charge in [-0.05, 0) is 31.5 Å². The van der Waals surface area contributed by atoms with Crippen molar-refractivity contribution in [3.05, 3.63) is 22.4 Å². The molecule has 0 aromatic carbocycles. The fourth-order valence-corrected chi connectivity index (χ4v) is 2.01. The van der Waals surface area contributed by atoms with Crippen LogP contribution in [0.15, 0.2) is 17.5 Å².